The minimum atomic E-state index is -0.400. The largest absolute Gasteiger partial charge is 0.352 e. The lowest BCUT2D eigenvalue weighted by Gasteiger charge is -2.27. The highest BCUT2D eigenvalue weighted by Gasteiger charge is 2.32. The zero-order valence-corrected chi connectivity index (χ0v) is 19.1. The summed E-state index contributed by atoms with van der Waals surface area (Å²) in [5.74, 6) is -0.418. The van der Waals surface area contributed by atoms with Crippen LogP contribution in [-0.2, 0) is 11.3 Å². The molecule has 2 aliphatic rings. The van der Waals surface area contributed by atoms with Gasteiger partial charge in [0.25, 0.3) is 11.5 Å². The Labute approximate surface area is 189 Å². The van der Waals surface area contributed by atoms with Crippen molar-refractivity contribution in [2.24, 2.45) is 0 Å². The fourth-order valence-corrected chi connectivity index (χ4v) is 5.11. The zero-order chi connectivity index (χ0) is 22.7. The molecule has 1 unspecified atom stereocenters. The van der Waals surface area contributed by atoms with Crippen LogP contribution in [0.5, 0.6) is 0 Å². The minimum Gasteiger partial charge on any atom is -0.352 e. The van der Waals surface area contributed by atoms with Gasteiger partial charge >= 0.3 is 0 Å². The van der Waals surface area contributed by atoms with E-state index in [1.807, 2.05) is 4.90 Å². The molecule has 1 atom stereocenters. The molecule has 32 heavy (non-hydrogen) atoms. The zero-order valence-electron chi connectivity index (χ0n) is 19.1. The molecule has 2 fully saturated rings. The standard InChI is InChI=1S/C26H33N3O3/c1-18-12-13-19(2)22(16-18)23-11-7-15-29(23)26(32)21-10-6-14-28(25(21)31)17-24(30)27-20-8-4-3-5-9-20/h6,10,12-14,16,20,23H,3-5,7-9,11,15,17H2,1-2H3,(H,27,30). The SMILES string of the molecule is Cc1ccc(C)c(C2CCCN2C(=O)c2cccn(CC(=O)NC3CCCCC3)c2=O)c1. The van der Waals surface area contributed by atoms with E-state index in [0.717, 1.165) is 55.2 Å². The van der Waals surface area contributed by atoms with Crippen LogP contribution in [0, 0.1) is 13.8 Å². The first-order valence-electron chi connectivity index (χ1n) is 11.8. The van der Waals surface area contributed by atoms with Crippen molar-refractivity contribution in [1.82, 2.24) is 14.8 Å². The highest BCUT2D eigenvalue weighted by atomic mass is 16.2. The van der Waals surface area contributed by atoms with Crippen molar-refractivity contribution in [3.05, 3.63) is 69.1 Å². The molecule has 4 rings (SSSR count). The molecule has 1 aromatic heterocycles. The number of carbonyl (C=O) groups excluding carboxylic acids is 2. The van der Waals surface area contributed by atoms with Gasteiger partial charge in [0.15, 0.2) is 0 Å². The Kier molecular flexibility index (Phi) is 6.77. The molecule has 2 heterocycles. The van der Waals surface area contributed by atoms with Crippen LogP contribution in [0.3, 0.4) is 0 Å². The second kappa shape index (κ2) is 9.72. The summed E-state index contributed by atoms with van der Waals surface area (Å²) in [6.07, 6.45) is 8.86. The Morgan fingerprint density at radius 2 is 1.81 bits per heavy atom. The molecule has 170 valence electrons. The summed E-state index contributed by atoms with van der Waals surface area (Å²) >= 11 is 0. The molecule has 1 aliphatic heterocycles. The third-order valence-corrected chi connectivity index (χ3v) is 6.84. The van der Waals surface area contributed by atoms with E-state index in [0.29, 0.717) is 6.54 Å². The summed E-state index contributed by atoms with van der Waals surface area (Å²) < 4.78 is 1.36. The number of aryl methyl sites for hydroxylation is 2. The molecule has 1 saturated heterocycles. The second-order valence-electron chi connectivity index (χ2n) is 9.27. The normalized spacial score (nSPS) is 19.2. The van der Waals surface area contributed by atoms with Crippen LogP contribution in [0.4, 0.5) is 0 Å². The van der Waals surface area contributed by atoms with Crippen LogP contribution in [0.25, 0.3) is 0 Å². The highest BCUT2D eigenvalue weighted by Crippen LogP contribution is 2.35. The average Bonchev–Trinajstić information content (AvgIpc) is 3.27. The van der Waals surface area contributed by atoms with Gasteiger partial charge in [-0.25, -0.2) is 0 Å². The lowest BCUT2D eigenvalue weighted by molar-refractivity contribution is -0.122. The monoisotopic (exact) mass is 435 g/mol. The first-order valence-corrected chi connectivity index (χ1v) is 11.8. The minimum absolute atomic E-state index is 0.0231. The summed E-state index contributed by atoms with van der Waals surface area (Å²) in [6.45, 7) is 4.69. The lowest BCUT2D eigenvalue weighted by atomic mass is 9.95. The average molecular weight is 436 g/mol. The summed E-state index contributed by atoms with van der Waals surface area (Å²) in [4.78, 5) is 40.8. The second-order valence-corrected chi connectivity index (χ2v) is 9.27. The quantitative estimate of drug-likeness (QED) is 0.775. The van der Waals surface area contributed by atoms with Gasteiger partial charge in [0.05, 0.1) is 6.04 Å². The molecule has 0 radical (unpaired) electrons. The van der Waals surface area contributed by atoms with Gasteiger partial charge in [-0.15, -0.1) is 0 Å². The molecule has 1 saturated carbocycles. The van der Waals surface area contributed by atoms with Gasteiger partial charge in [0.1, 0.15) is 12.1 Å². The Balaban J connectivity index is 1.52. The van der Waals surface area contributed by atoms with E-state index in [-0.39, 0.29) is 36.0 Å². The first kappa shape index (κ1) is 22.3. The van der Waals surface area contributed by atoms with Gasteiger partial charge < -0.3 is 14.8 Å². The van der Waals surface area contributed by atoms with Gasteiger partial charge in [-0.2, -0.15) is 0 Å². The molecule has 1 aromatic carbocycles. The summed E-state index contributed by atoms with van der Waals surface area (Å²) in [5.41, 5.74) is 3.21. The number of hydrogen-bond acceptors (Lipinski definition) is 3. The maximum atomic E-state index is 13.4. The maximum absolute atomic E-state index is 13.4. The van der Waals surface area contributed by atoms with Crippen molar-refractivity contribution < 1.29 is 9.59 Å². The number of aromatic nitrogens is 1. The van der Waals surface area contributed by atoms with E-state index in [1.165, 1.54) is 11.0 Å². The van der Waals surface area contributed by atoms with Crippen LogP contribution in [0.15, 0.2) is 41.3 Å². The van der Waals surface area contributed by atoms with E-state index in [4.69, 9.17) is 0 Å². The predicted molar refractivity (Wildman–Crippen MR) is 125 cm³/mol. The molecule has 0 spiro atoms. The van der Waals surface area contributed by atoms with E-state index in [1.54, 1.807) is 18.3 Å². The number of rotatable bonds is 5. The summed E-state index contributed by atoms with van der Waals surface area (Å²) in [6, 6.07) is 9.75. The van der Waals surface area contributed by atoms with Gasteiger partial charge in [0, 0.05) is 18.8 Å². The molecule has 0 bridgehead atoms. The number of hydrogen-bond donors (Lipinski definition) is 1. The van der Waals surface area contributed by atoms with Crippen LogP contribution in [0.2, 0.25) is 0 Å². The number of likely N-dealkylation sites (tertiary alicyclic amines) is 1. The highest BCUT2D eigenvalue weighted by molar-refractivity contribution is 5.94. The van der Waals surface area contributed by atoms with Crippen LogP contribution < -0.4 is 10.9 Å². The van der Waals surface area contributed by atoms with Crippen LogP contribution in [0.1, 0.15) is 78.0 Å². The number of benzene rings is 1. The number of nitrogens with zero attached hydrogens (tertiary/aromatic N) is 2. The molecule has 1 aliphatic carbocycles. The molecular weight excluding hydrogens is 402 g/mol. The first-order chi connectivity index (χ1) is 15.4. The van der Waals surface area contributed by atoms with Crippen molar-refractivity contribution in [3.8, 4) is 0 Å². The van der Waals surface area contributed by atoms with E-state index >= 15 is 0 Å². The maximum Gasteiger partial charge on any atom is 0.263 e. The Hall–Kier alpha value is -2.89. The van der Waals surface area contributed by atoms with Crippen molar-refractivity contribution >= 4 is 11.8 Å². The van der Waals surface area contributed by atoms with E-state index < -0.39 is 5.56 Å². The van der Waals surface area contributed by atoms with Crippen molar-refractivity contribution in [3.63, 3.8) is 0 Å². The van der Waals surface area contributed by atoms with Gasteiger partial charge in [0.2, 0.25) is 5.91 Å². The summed E-state index contributed by atoms with van der Waals surface area (Å²) in [5, 5.41) is 3.04. The number of pyridine rings is 1. The van der Waals surface area contributed by atoms with E-state index in [9.17, 15) is 14.4 Å². The van der Waals surface area contributed by atoms with Gasteiger partial charge in [-0.3, -0.25) is 14.4 Å². The molecule has 2 aromatic rings. The number of nitrogens with one attached hydrogen (secondary N) is 1. The molecule has 6 heteroatoms. The fourth-order valence-electron chi connectivity index (χ4n) is 5.11. The number of amides is 2. The fraction of sp³-hybridized carbons (Fsp3) is 0.500. The van der Waals surface area contributed by atoms with Crippen molar-refractivity contribution in [2.75, 3.05) is 6.54 Å². The van der Waals surface area contributed by atoms with Crippen LogP contribution in [-0.4, -0.2) is 33.9 Å². The van der Waals surface area contributed by atoms with Crippen molar-refractivity contribution in [1.29, 1.82) is 0 Å². The third-order valence-electron chi connectivity index (χ3n) is 6.84. The van der Waals surface area contributed by atoms with Gasteiger partial charge in [-0.05, 0) is 62.8 Å². The lowest BCUT2D eigenvalue weighted by Crippen LogP contribution is -2.41. The third kappa shape index (κ3) is 4.79. The Bertz CT molecular complexity index is 1050. The van der Waals surface area contributed by atoms with Crippen LogP contribution >= 0.6 is 0 Å². The summed E-state index contributed by atoms with van der Waals surface area (Å²) in [7, 11) is 0. The molecule has 1 N–H and O–H groups in total. The molecular formula is C26H33N3O3. The molecule has 2 amide bonds. The Morgan fingerprint density at radius 3 is 2.59 bits per heavy atom. The molecule has 6 nitrogen and oxygen atoms in total. The van der Waals surface area contributed by atoms with E-state index in [2.05, 4.69) is 37.4 Å². The topological polar surface area (TPSA) is 71.4 Å². The Morgan fingerprint density at radius 1 is 1.03 bits per heavy atom. The number of carbonyl (C=O) groups is 2. The van der Waals surface area contributed by atoms with Crippen molar-refractivity contribution in [2.45, 2.75) is 77.4 Å². The predicted octanol–water partition coefficient (Wildman–Crippen LogP) is 3.89. The smallest absolute Gasteiger partial charge is 0.263 e. The van der Waals surface area contributed by atoms with Gasteiger partial charge in [-0.1, -0.05) is 43.0 Å².